The molecule has 0 aromatic heterocycles. The Morgan fingerprint density at radius 2 is 1.71 bits per heavy atom. The summed E-state index contributed by atoms with van der Waals surface area (Å²) in [4.78, 5) is 0.211. The number of rotatable bonds is 3. The summed E-state index contributed by atoms with van der Waals surface area (Å²) in [6.45, 7) is 3.65. The molecule has 2 rings (SSSR count). The molecule has 2 aromatic carbocycles. The van der Waals surface area contributed by atoms with Crippen LogP contribution >= 0.6 is 31.9 Å². The molecule has 7 heteroatoms. The highest BCUT2D eigenvalue weighted by atomic mass is 79.9. The van der Waals surface area contributed by atoms with Gasteiger partial charge in [0, 0.05) is 10.5 Å². The Hall–Kier alpha value is -1.05. The van der Waals surface area contributed by atoms with Crippen molar-refractivity contribution < 1.29 is 13.5 Å². The van der Waals surface area contributed by atoms with Gasteiger partial charge in [-0.3, -0.25) is 4.72 Å². The van der Waals surface area contributed by atoms with Gasteiger partial charge in [0.2, 0.25) is 0 Å². The Kier molecular flexibility index (Phi) is 4.65. The minimum atomic E-state index is -3.72. The van der Waals surface area contributed by atoms with Gasteiger partial charge >= 0.3 is 0 Å². The van der Waals surface area contributed by atoms with Gasteiger partial charge in [-0.15, -0.1) is 0 Å². The van der Waals surface area contributed by atoms with Crippen LogP contribution < -0.4 is 4.72 Å². The number of hydrogen-bond acceptors (Lipinski definition) is 3. The number of sulfonamides is 1. The SMILES string of the molecule is Cc1ccc(S(=O)(=O)Nc2cc(O)c(Br)cc2Br)c(C)c1. The van der Waals surface area contributed by atoms with E-state index in [9.17, 15) is 13.5 Å². The second-order valence-electron chi connectivity index (χ2n) is 4.66. The van der Waals surface area contributed by atoms with Crippen molar-refractivity contribution in [3.8, 4) is 5.75 Å². The summed E-state index contributed by atoms with van der Waals surface area (Å²) >= 11 is 6.44. The Bertz CT molecular complexity index is 804. The molecule has 4 nitrogen and oxygen atoms in total. The number of aryl methyl sites for hydroxylation is 2. The lowest BCUT2D eigenvalue weighted by Gasteiger charge is -2.13. The maximum Gasteiger partial charge on any atom is 0.262 e. The molecule has 0 heterocycles. The van der Waals surface area contributed by atoms with Crippen LogP contribution in [0, 0.1) is 13.8 Å². The Morgan fingerprint density at radius 1 is 1.05 bits per heavy atom. The molecule has 112 valence electrons. The predicted octanol–water partition coefficient (Wildman–Crippen LogP) is 4.33. The minimum absolute atomic E-state index is 0.0449. The van der Waals surface area contributed by atoms with E-state index in [1.807, 2.05) is 13.0 Å². The van der Waals surface area contributed by atoms with Crippen LogP contribution in [0.15, 0.2) is 44.2 Å². The van der Waals surface area contributed by atoms with Gasteiger partial charge in [-0.25, -0.2) is 8.42 Å². The number of aromatic hydroxyl groups is 1. The van der Waals surface area contributed by atoms with Gasteiger partial charge < -0.3 is 5.11 Å². The van der Waals surface area contributed by atoms with E-state index in [0.29, 0.717) is 14.5 Å². The van der Waals surface area contributed by atoms with Crippen molar-refractivity contribution in [2.45, 2.75) is 18.7 Å². The fourth-order valence-electron chi connectivity index (χ4n) is 1.92. The van der Waals surface area contributed by atoms with Crippen molar-refractivity contribution in [2.24, 2.45) is 0 Å². The monoisotopic (exact) mass is 433 g/mol. The number of nitrogens with one attached hydrogen (secondary N) is 1. The maximum atomic E-state index is 12.5. The molecule has 0 saturated carbocycles. The van der Waals surface area contributed by atoms with Crippen LogP contribution in [0.5, 0.6) is 5.75 Å². The van der Waals surface area contributed by atoms with E-state index in [4.69, 9.17) is 0 Å². The number of hydrogen-bond donors (Lipinski definition) is 2. The van der Waals surface area contributed by atoms with Gasteiger partial charge in [-0.1, -0.05) is 17.7 Å². The second kappa shape index (κ2) is 5.98. The lowest BCUT2D eigenvalue weighted by atomic mass is 10.2. The highest BCUT2D eigenvalue weighted by molar-refractivity contribution is 9.11. The number of phenols is 1. The van der Waals surface area contributed by atoms with Crippen LogP contribution in [0.1, 0.15) is 11.1 Å². The van der Waals surface area contributed by atoms with Gasteiger partial charge in [0.1, 0.15) is 5.75 Å². The van der Waals surface area contributed by atoms with Gasteiger partial charge in [-0.05, 0) is 63.4 Å². The van der Waals surface area contributed by atoms with Crippen molar-refractivity contribution in [2.75, 3.05) is 4.72 Å². The lowest BCUT2D eigenvalue weighted by molar-refractivity contribution is 0.472. The van der Waals surface area contributed by atoms with Crippen molar-refractivity contribution in [3.63, 3.8) is 0 Å². The van der Waals surface area contributed by atoms with E-state index in [-0.39, 0.29) is 16.3 Å². The molecule has 0 aliphatic rings. The average molecular weight is 435 g/mol. The van der Waals surface area contributed by atoms with Gasteiger partial charge in [0.05, 0.1) is 15.1 Å². The molecule has 0 amide bonds. The number of halogens is 2. The summed E-state index contributed by atoms with van der Waals surface area (Å²) < 4.78 is 28.4. The van der Waals surface area contributed by atoms with E-state index in [2.05, 4.69) is 36.6 Å². The van der Waals surface area contributed by atoms with Crippen molar-refractivity contribution in [1.82, 2.24) is 0 Å². The van der Waals surface area contributed by atoms with Gasteiger partial charge in [0.15, 0.2) is 0 Å². The third kappa shape index (κ3) is 3.59. The predicted molar refractivity (Wildman–Crippen MR) is 90.2 cm³/mol. The van der Waals surface area contributed by atoms with Crippen LogP contribution in [-0.4, -0.2) is 13.5 Å². The fraction of sp³-hybridized carbons (Fsp3) is 0.143. The van der Waals surface area contributed by atoms with Crippen LogP contribution in [-0.2, 0) is 10.0 Å². The summed E-state index contributed by atoms with van der Waals surface area (Å²) in [5.41, 5.74) is 1.93. The van der Waals surface area contributed by atoms with Crippen molar-refractivity contribution >= 4 is 47.6 Å². The fourth-order valence-corrected chi connectivity index (χ4v) is 4.44. The first-order valence-electron chi connectivity index (χ1n) is 5.99. The maximum absolute atomic E-state index is 12.5. The van der Waals surface area contributed by atoms with E-state index < -0.39 is 10.0 Å². The minimum Gasteiger partial charge on any atom is -0.507 e. The average Bonchev–Trinajstić information content (AvgIpc) is 2.35. The first-order chi connectivity index (χ1) is 9.70. The molecule has 0 aliphatic carbocycles. The molecule has 0 fully saturated rings. The third-order valence-electron chi connectivity index (χ3n) is 2.90. The molecule has 0 radical (unpaired) electrons. The van der Waals surface area contributed by atoms with E-state index in [1.54, 1.807) is 25.1 Å². The van der Waals surface area contributed by atoms with Gasteiger partial charge in [-0.2, -0.15) is 0 Å². The summed E-state index contributed by atoms with van der Waals surface area (Å²) in [5, 5.41) is 9.68. The first-order valence-corrected chi connectivity index (χ1v) is 9.06. The van der Waals surface area contributed by atoms with Crippen LogP contribution in [0.3, 0.4) is 0 Å². The molecular weight excluding hydrogens is 422 g/mol. The molecule has 0 spiro atoms. The molecular formula is C14H13Br2NO3S. The Morgan fingerprint density at radius 3 is 2.33 bits per heavy atom. The third-order valence-corrected chi connectivity index (χ3v) is 5.72. The van der Waals surface area contributed by atoms with Crippen LogP contribution in [0.25, 0.3) is 0 Å². The standard InChI is InChI=1S/C14H13Br2NO3S/c1-8-3-4-14(9(2)5-8)21(19,20)17-12-7-13(18)11(16)6-10(12)15/h3-7,17-18H,1-2H3. The molecule has 2 N–H and O–H groups in total. The zero-order valence-electron chi connectivity index (χ0n) is 11.3. The molecule has 2 aromatic rings. The zero-order valence-corrected chi connectivity index (χ0v) is 15.3. The number of benzene rings is 2. The summed E-state index contributed by atoms with van der Waals surface area (Å²) in [7, 11) is -3.72. The highest BCUT2D eigenvalue weighted by Crippen LogP contribution is 2.35. The molecule has 0 bridgehead atoms. The number of phenolic OH excluding ortho intramolecular Hbond substituents is 1. The molecule has 0 atom stereocenters. The van der Waals surface area contributed by atoms with Gasteiger partial charge in [0.25, 0.3) is 10.0 Å². The first kappa shape index (κ1) is 16.3. The zero-order chi connectivity index (χ0) is 15.8. The summed E-state index contributed by atoms with van der Waals surface area (Å²) in [6, 6.07) is 8.04. The topological polar surface area (TPSA) is 66.4 Å². The highest BCUT2D eigenvalue weighted by Gasteiger charge is 2.19. The number of anilines is 1. The smallest absolute Gasteiger partial charge is 0.262 e. The van der Waals surface area contributed by atoms with E-state index >= 15 is 0 Å². The largest absolute Gasteiger partial charge is 0.507 e. The van der Waals surface area contributed by atoms with Crippen LogP contribution in [0.2, 0.25) is 0 Å². The quantitative estimate of drug-likeness (QED) is 0.755. The van der Waals surface area contributed by atoms with E-state index in [1.165, 1.54) is 6.07 Å². The van der Waals surface area contributed by atoms with Crippen molar-refractivity contribution in [1.29, 1.82) is 0 Å². The molecule has 0 unspecified atom stereocenters. The van der Waals surface area contributed by atoms with E-state index in [0.717, 1.165) is 5.56 Å². The normalized spacial score (nSPS) is 11.4. The van der Waals surface area contributed by atoms with Crippen molar-refractivity contribution in [3.05, 3.63) is 50.4 Å². The van der Waals surface area contributed by atoms with Crippen LogP contribution in [0.4, 0.5) is 5.69 Å². The molecule has 0 aliphatic heterocycles. The second-order valence-corrected chi connectivity index (χ2v) is 8.02. The molecule has 0 saturated heterocycles. The summed E-state index contributed by atoms with van der Waals surface area (Å²) in [5.74, 6) is -0.0449. The summed E-state index contributed by atoms with van der Waals surface area (Å²) in [6.07, 6.45) is 0. The Labute approximate surface area is 140 Å². The molecule has 21 heavy (non-hydrogen) atoms. The Balaban J connectivity index is 2.45. The lowest BCUT2D eigenvalue weighted by Crippen LogP contribution is -2.14.